The zero-order valence-electron chi connectivity index (χ0n) is 15.7. The maximum Gasteiger partial charge on any atom is 0.191 e. The van der Waals surface area contributed by atoms with Gasteiger partial charge in [-0.1, -0.05) is 18.2 Å². The van der Waals surface area contributed by atoms with Crippen LogP contribution in [0.1, 0.15) is 37.1 Å². The highest BCUT2D eigenvalue weighted by Crippen LogP contribution is 2.21. The van der Waals surface area contributed by atoms with Crippen molar-refractivity contribution in [3.63, 3.8) is 0 Å². The molecule has 0 fully saturated rings. The summed E-state index contributed by atoms with van der Waals surface area (Å²) in [6.07, 6.45) is -0.852. The Hall–Kier alpha value is -2.67. The fourth-order valence-corrected chi connectivity index (χ4v) is 2.53. The Labute approximate surface area is 158 Å². The van der Waals surface area contributed by atoms with Gasteiger partial charge in [-0.3, -0.25) is 4.99 Å². The van der Waals surface area contributed by atoms with Gasteiger partial charge in [-0.05, 0) is 49.2 Å². The van der Waals surface area contributed by atoms with Crippen LogP contribution in [-0.4, -0.2) is 31.3 Å². The molecule has 0 aliphatic carbocycles. The summed E-state index contributed by atoms with van der Waals surface area (Å²) in [4.78, 5) is 4.37. The second-order valence-electron chi connectivity index (χ2n) is 6.05. The number of aliphatic hydroxyl groups excluding tert-OH is 1. The number of methoxy groups -OCH3 is 1. The molecule has 0 saturated carbocycles. The first kappa shape index (κ1) is 20.6. The molecule has 3 N–H and O–H groups in total. The van der Waals surface area contributed by atoms with E-state index in [0.29, 0.717) is 18.1 Å². The number of nitrogens with zero attached hydrogens (tertiary/aromatic N) is 1. The summed E-state index contributed by atoms with van der Waals surface area (Å²) in [5, 5.41) is 16.5. The van der Waals surface area contributed by atoms with Gasteiger partial charge in [0, 0.05) is 6.54 Å². The van der Waals surface area contributed by atoms with Gasteiger partial charge in [0.05, 0.1) is 25.8 Å². The number of guanidine groups is 1. The van der Waals surface area contributed by atoms with Gasteiger partial charge in [0.15, 0.2) is 17.5 Å². The van der Waals surface area contributed by atoms with Crippen LogP contribution in [0.25, 0.3) is 0 Å². The number of nitrogens with one attached hydrogen (secondary N) is 2. The van der Waals surface area contributed by atoms with E-state index in [1.807, 2.05) is 13.8 Å². The molecule has 0 spiro atoms. The Kier molecular flexibility index (Phi) is 7.55. The number of benzene rings is 2. The normalized spacial score (nSPS) is 13.8. The first-order valence-electron chi connectivity index (χ1n) is 8.76. The minimum atomic E-state index is -0.852. The molecule has 0 heterocycles. The number of hydrogen-bond acceptors (Lipinski definition) is 3. The van der Waals surface area contributed by atoms with Gasteiger partial charge >= 0.3 is 0 Å². The van der Waals surface area contributed by atoms with Gasteiger partial charge in [0.1, 0.15) is 5.82 Å². The Morgan fingerprint density at radius 3 is 2.41 bits per heavy atom. The Bertz CT molecular complexity index is 766. The lowest BCUT2D eigenvalue weighted by atomic mass is 10.1. The van der Waals surface area contributed by atoms with Crippen molar-refractivity contribution in [1.82, 2.24) is 10.6 Å². The Morgan fingerprint density at radius 2 is 1.81 bits per heavy atom. The van der Waals surface area contributed by atoms with Crippen molar-refractivity contribution in [2.75, 3.05) is 20.2 Å². The number of halogens is 2. The van der Waals surface area contributed by atoms with E-state index in [-0.39, 0.29) is 24.2 Å². The van der Waals surface area contributed by atoms with Crippen LogP contribution >= 0.6 is 0 Å². The molecule has 2 aromatic rings. The standard InChI is InChI=1S/C20H25F2N3O2/c1-4-23-20(24-12-18(26)14-5-8-16(21)9-6-14)25-13(2)15-7-10-19(27-3)17(22)11-15/h5-11,13,18,26H,4,12H2,1-3H3,(H2,23,24,25). The largest absolute Gasteiger partial charge is 0.494 e. The number of ether oxygens (including phenoxy) is 1. The predicted octanol–water partition coefficient (Wildman–Crippen LogP) is 3.32. The molecule has 0 aromatic heterocycles. The minimum Gasteiger partial charge on any atom is -0.494 e. The molecular formula is C20H25F2N3O2. The third-order valence-electron chi connectivity index (χ3n) is 4.05. The van der Waals surface area contributed by atoms with Crippen LogP contribution in [0.3, 0.4) is 0 Å². The molecule has 0 amide bonds. The summed E-state index contributed by atoms with van der Waals surface area (Å²) in [7, 11) is 1.42. The maximum atomic E-state index is 13.9. The van der Waals surface area contributed by atoms with Crippen LogP contribution in [0.4, 0.5) is 8.78 Å². The zero-order valence-corrected chi connectivity index (χ0v) is 15.7. The van der Waals surface area contributed by atoms with E-state index in [1.165, 1.54) is 37.4 Å². The maximum absolute atomic E-state index is 13.9. The summed E-state index contributed by atoms with van der Waals surface area (Å²) < 4.78 is 31.8. The van der Waals surface area contributed by atoms with E-state index in [2.05, 4.69) is 15.6 Å². The fourth-order valence-electron chi connectivity index (χ4n) is 2.53. The second-order valence-corrected chi connectivity index (χ2v) is 6.05. The molecule has 2 rings (SSSR count). The molecule has 2 aromatic carbocycles. The van der Waals surface area contributed by atoms with Crippen LogP contribution in [0.2, 0.25) is 0 Å². The molecule has 0 aliphatic heterocycles. The van der Waals surface area contributed by atoms with Gasteiger partial charge < -0.3 is 20.5 Å². The zero-order chi connectivity index (χ0) is 19.8. The molecule has 0 radical (unpaired) electrons. The van der Waals surface area contributed by atoms with E-state index in [1.54, 1.807) is 12.1 Å². The Morgan fingerprint density at radius 1 is 1.15 bits per heavy atom. The van der Waals surface area contributed by atoms with E-state index in [9.17, 15) is 13.9 Å². The summed E-state index contributed by atoms with van der Waals surface area (Å²) in [5.41, 5.74) is 1.32. The van der Waals surface area contributed by atoms with Gasteiger partial charge in [-0.15, -0.1) is 0 Å². The third kappa shape index (κ3) is 5.92. The van der Waals surface area contributed by atoms with E-state index < -0.39 is 11.9 Å². The van der Waals surface area contributed by atoms with Gasteiger partial charge in [0.2, 0.25) is 0 Å². The van der Waals surface area contributed by atoms with Crippen LogP contribution in [0, 0.1) is 11.6 Å². The van der Waals surface area contributed by atoms with Gasteiger partial charge in [-0.25, -0.2) is 8.78 Å². The van der Waals surface area contributed by atoms with E-state index in [0.717, 1.165) is 5.56 Å². The molecule has 0 bridgehead atoms. The first-order valence-corrected chi connectivity index (χ1v) is 8.76. The SMILES string of the molecule is CCNC(=NCC(O)c1ccc(F)cc1)NC(C)c1ccc(OC)c(F)c1. The molecule has 146 valence electrons. The highest BCUT2D eigenvalue weighted by atomic mass is 19.1. The predicted molar refractivity (Wildman–Crippen MR) is 102 cm³/mol. The van der Waals surface area contributed by atoms with Gasteiger partial charge in [-0.2, -0.15) is 0 Å². The topological polar surface area (TPSA) is 65.9 Å². The van der Waals surface area contributed by atoms with Crippen LogP contribution in [0.5, 0.6) is 5.75 Å². The van der Waals surface area contributed by atoms with E-state index in [4.69, 9.17) is 4.74 Å². The van der Waals surface area contributed by atoms with Gasteiger partial charge in [0.25, 0.3) is 0 Å². The summed E-state index contributed by atoms with van der Waals surface area (Å²) >= 11 is 0. The summed E-state index contributed by atoms with van der Waals surface area (Å²) in [6, 6.07) is 10.2. The number of aliphatic hydroxyl groups is 1. The van der Waals surface area contributed by atoms with Crippen molar-refractivity contribution in [2.45, 2.75) is 26.0 Å². The summed E-state index contributed by atoms with van der Waals surface area (Å²) in [6.45, 7) is 4.53. The van der Waals surface area contributed by atoms with Crippen molar-refractivity contribution in [3.05, 3.63) is 65.2 Å². The molecule has 27 heavy (non-hydrogen) atoms. The monoisotopic (exact) mass is 377 g/mol. The van der Waals surface area contributed by atoms with Crippen LogP contribution in [0.15, 0.2) is 47.5 Å². The highest BCUT2D eigenvalue weighted by molar-refractivity contribution is 5.80. The molecule has 2 unspecified atom stereocenters. The van der Waals surface area contributed by atoms with Crippen LogP contribution in [-0.2, 0) is 0 Å². The highest BCUT2D eigenvalue weighted by Gasteiger charge is 2.12. The minimum absolute atomic E-state index is 0.102. The number of aliphatic imine (C=N–C) groups is 1. The lowest BCUT2D eigenvalue weighted by molar-refractivity contribution is 0.187. The van der Waals surface area contributed by atoms with Crippen LogP contribution < -0.4 is 15.4 Å². The first-order chi connectivity index (χ1) is 12.9. The molecule has 0 aliphatic rings. The fraction of sp³-hybridized carbons (Fsp3) is 0.350. The molecule has 5 nitrogen and oxygen atoms in total. The third-order valence-corrected chi connectivity index (χ3v) is 4.05. The smallest absolute Gasteiger partial charge is 0.191 e. The van der Waals surface area contributed by atoms with Crippen molar-refractivity contribution in [3.8, 4) is 5.75 Å². The second kappa shape index (κ2) is 9.87. The van der Waals surface area contributed by atoms with E-state index >= 15 is 0 Å². The number of rotatable bonds is 7. The van der Waals surface area contributed by atoms with Crippen molar-refractivity contribution in [1.29, 1.82) is 0 Å². The lowest BCUT2D eigenvalue weighted by Gasteiger charge is -2.19. The van der Waals surface area contributed by atoms with Crippen molar-refractivity contribution >= 4 is 5.96 Å². The molecule has 0 saturated heterocycles. The van der Waals surface area contributed by atoms with Crippen molar-refractivity contribution < 1.29 is 18.6 Å². The molecule has 2 atom stereocenters. The average Bonchev–Trinajstić information content (AvgIpc) is 2.66. The molecule has 7 heteroatoms. The average molecular weight is 377 g/mol. The summed E-state index contributed by atoms with van der Waals surface area (Å²) in [5.74, 6) is -0.112. The Balaban J connectivity index is 2.05. The number of hydrogen-bond donors (Lipinski definition) is 3. The quantitative estimate of drug-likeness (QED) is 0.512. The molecular weight excluding hydrogens is 352 g/mol. The lowest BCUT2D eigenvalue weighted by Crippen LogP contribution is -2.39. The van der Waals surface area contributed by atoms with Crippen molar-refractivity contribution in [2.24, 2.45) is 4.99 Å².